The maximum Gasteiger partial charge on any atom is 0.253 e. The number of anilines is 1. The summed E-state index contributed by atoms with van der Waals surface area (Å²) in [5.74, 6) is -0.00452. The molecule has 100 valence electrons. The number of hydrogen-bond acceptors (Lipinski definition) is 4. The summed E-state index contributed by atoms with van der Waals surface area (Å²) < 4.78 is 5.06. The van der Waals surface area contributed by atoms with Gasteiger partial charge >= 0.3 is 0 Å². The lowest BCUT2D eigenvalue weighted by atomic mass is 10.1. The van der Waals surface area contributed by atoms with E-state index in [2.05, 4.69) is 17.2 Å². The molecule has 1 rings (SSSR count). The van der Waals surface area contributed by atoms with Crippen molar-refractivity contribution in [2.24, 2.45) is 0 Å². The molecule has 0 fully saturated rings. The number of hydrogen-bond donors (Lipinski definition) is 2. The Balaban J connectivity index is 2.70. The summed E-state index contributed by atoms with van der Waals surface area (Å²) in [4.78, 5) is 15.8. The summed E-state index contributed by atoms with van der Waals surface area (Å²) in [6, 6.07) is 1.50. The van der Waals surface area contributed by atoms with Crippen LogP contribution in [0.1, 0.15) is 30.1 Å². The number of nitrogens with one attached hydrogen (secondary N) is 1. The van der Waals surface area contributed by atoms with E-state index < -0.39 is 0 Å². The third-order valence-corrected chi connectivity index (χ3v) is 2.77. The second-order valence-electron chi connectivity index (χ2n) is 4.01. The van der Waals surface area contributed by atoms with Crippen molar-refractivity contribution in [3.05, 3.63) is 22.8 Å². The molecule has 5 nitrogen and oxygen atoms in total. The highest BCUT2D eigenvalue weighted by Gasteiger charge is 2.14. The standard InChI is InChI=1S/C12H18ClN3O2/c1-3-4-9(7-18-2)16-12(17)8-5-10(13)11(14)15-6-8/h5-6,9H,3-4,7H2,1-2H3,(H2,14,15)(H,16,17). The van der Waals surface area contributed by atoms with Gasteiger partial charge in [-0.2, -0.15) is 0 Å². The minimum atomic E-state index is -0.222. The predicted molar refractivity (Wildman–Crippen MR) is 71.7 cm³/mol. The molecule has 0 radical (unpaired) electrons. The lowest BCUT2D eigenvalue weighted by Gasteiger charge is -2.17. The van der Waals surface area contributed by atoms with E-state index in [0.29, 0.717) is 12.2 Å². The summed E-state index contributed by atoms with van der Waals surface area (Å²) in [5.41, 5.74) is 5.89. The molecule has 0 spiro atoms. The molecule has 0 aliphatic rings. The molecule has 1 amide bonds. The summed E-state index contributed by atoms with van der Waals surface area (Å²) >= 11 is 5.82. The van der Waals surface area contributed by atoms with Crippen LogP contribution in [0.5, 0.6) is 0 Å². The van der Waals surface area contributed by atoms with Crippen molar-refractivity contribution >= 4 is 23.3 Å². The number of nitrogens with zero attached hydrogens (tertiary/aromatic N) is 1. The fraction of sp³-hybridized carbons (Fsp3) is 0.500. The van der Waals surface area contributed by atoms with Crippen LogP contribution in [-0.2, 0) is 4.74 Å². The molecular formula is C12H18ClN3O2. The second-order valence-corrected chi connectivity index (χ2v) is 4.41. The van der Waals surface area contributed by atoms with Gasteiger partial charge in [0.2, 0.25) is 0 Å². The predicted octanol–water partition coefficient (Wildman–Crippen LogP) is 1.86. The topological polar surface area (TPSA) is 77.2 Å². The lowest BCUT2D eigenvalue weighted by molar-refractivity contribution is 0.0891. The van der Waals surface area contributed by atoms with Crippen LogP contribution in [0.15, 0.2) is 12.3 Å². The van der Waals surface area contributed by atoms with Gasteiger partial charge in [-0.1, -0.05) is 24.9 Å². The first-order chi connectivity index (χ1) is 8.58. The summed E-state index contributed by atoms with van der Waals surface area (Å²) in [7, 11) is 1.61. The van der Waals surface area contributed by atoms with Crippen molar-refractivity contribution in [1.82, 2.24) is 10.3 Å². The average molecular weight is 272 g/mol. The van der Waals surface area contributed by atoms with E-state index in [1.165, 1.54) is 12.3 Å². The van der Waals surface area contributed by atoms with Gasteiger partial charge < -0.3 is 15.8 Å². The zero-order valence-electron chi connectivity index (χ0n) is 10.6. The van der Waals surface area contributed by atoms with Crippen LogP contribution in [0, 0.1) is 0 Å². The number of pyridine rings is 1. The molecular weight excluding hydrogens is 254 g/mol. The molecule has 0 bridgehead atoms. The van der Waals surface area contributed by atoms with Crippen molar-refractivity contribution in [3.8, 4) is 0 Å². The Hall–Kier alpha value is -1.33. The highest BCUT2D eigenvalue weighted by molar-refractivity contribution is 6.33. The van der Waals surface area contributed by atoms with Crippen LogP contribution in [0.25, 0.3) is 0 Å². The highest BCUT2D eigenvalue weighted by Crippen LogP contribution is 2.16. The van der Waals surface area contributed by atoms with Crippen molar-refractivity contribution in [3.63, 3.8) is 0 Å². The quantitative estimate of drug-likeness (QED) is 0.828. The van der Waals surface area contributed by atoms with Gasteiger partial charge in [-0.15, -0.1) is 0 Å². The Labute approximate surface area is 112 Å². The van der Waals surface area contributed by atoms with E-state index in [-0.39, 0.29) is 22.8 Å². The van der Waals surface area contributed by atoms with E-state index in [0.717, 1.165) is 12.8 Å². The minimum Gasteiger partial charge on any atom is -0.383 e. The van der Waals surface area contributed by atoms with Crippen LogP contribution in [0.4, 0.5) is 5.82 Å². The van der Waals surface area contributed by atoms with Gasteiger partial charge in [0.1, 0.15) is 5.82 Å². The number of nitrogens with two attached hydrogens (primary N) is 1. The van der Waals surface area contributed by atoms with Gasteiger partial charge in [-0.25, -0.2) is 4.98 Å². The van der Waals surface area contributed by atoms with Gasteiger partial charge in [0, 0.05) is 13.3 Å². The van der Waals surface area contributed by atoms with E-state index in [1.807, 2.05) is 0 Å². The lowest BCUT2D eigenvalue weighted by Crippen LogP contribution is -2.38. The third-order valence-electron chi connectivity index (χ3n) is 2.47. The Morgan fingerprint density at radius 1 is 1.67 bits per heavy atom. The average Bonchev–Trinajstić information content (AvgIpc) is 2.33. The zero-order chi connectivity index (χ0) is 13.5. The number of halogens is 1. The van der Waals surface area contributed by atoms with Crippen LogP contribution in [-0.4, -0.2) is 30.6 Å². The van der Waals surface area contributed by atoms with Crippen LogP contribution >= 0.6 is 11.6 Å². The van der Waals surface area contributed by atoms with E-state index in [1.54, 1.807) is 7.11 Å². The molecule has 6 heteroatoms. The largest absolute Gasteiger partial charge is 0.383 e. The molecule has 0 saturated carbocycles. The highest BCUT2D eigenvalue weighted by atomic mass is 35.5. The molecule has 3 N–H and O–H groups in total. The van der Waals surface area contributed by atoms with Crippen LogP contribution in [0.3, 0.4) is 0 Å². The molecule has 1 heterocycles. The Kier molecular flexibility index (Phi) is 5.88. The van der Waals surface area contributed by atoms with Gasteiger partial charge in [0.25, 0.3) is 5.91 Å². The molecule has 1 atom stereocenters. The third kappa shape index (κ3) is 4.16. The monoisotopic (exact) mass is 271 g/mol. The first kappa shape index (κ1) is 14.7. The number of aromatic nitrogens is 1. The molecule has 18 heavy (non-hydrogen) atoms. The molecule has 0 aliphatic carbocycles. The van der Waals surface area contributed by atoms with Crippen molar-refractivity contribution < 1.29 is 9.53 Å². The number of carbonyl (C=O) groups excluding carboxylic acids is 1. The van der Waals surface area contributed by atoms with Crippen LogP contribution < -0.4 is 11.1 Å². The summed E-state index contributed by atoms with van der Waals surface area (Å²) in [6.45, 7) is 2.53. The van der Waals surface area contributed by atoms with E-state index in [4.69, 9.17) is 22.1 Å². The van der Waals surface area contributed by atoms with Gasteiger partial charge in [-0.3, -0.25) is 4.79 Å². The number of rotatable bonds is 6. The fourth-order valence-corrected chi connectivity index (χ4v) is 1.75. The molecule has 0 aromatic carbocycles. The Bertz CT molecular complexity index is 406. The summed E-state index contributed by atoms with van der Waals surface area (Å²) in [5, 5.41) is 3.16. The number of nitrogen functional groups attached to an aromatic ring is 1. The van der Waals surface area contributed by atoms with Crippen LogP contribution in [0.2, 0.25) is 5.02 Å². The molecule has 0 aliphatic heterocycles. The first-order valence-electron chi connectivity index (χ1n) is 5.79. The minimum absolute atomic E-state index is 0.0103. The molecule has 1 aromatic heterocycles. The number of carbonyl (C=O) groups is 1. The number of ether oxygens (including phenoxy) is 1. The van der Waals surface area contributed by atoms with Gasteiger partial charge in [0.05, 0.1) is 23.2 Å². The molecule has 1 aromatic rings. The number of amides is 1. The number of methoxy groups -OCH3 is 1. The summed E-state index contributed by atoms with van der Waals surface area (Å²) in [6.07, 6.45) is 3.23. The molecule has 1 unspecified atom stereocenters. The fourth-order valence-electron chi connectivity index (χ4n) is 1.59. The smallest absolute Gasteiger partial charge is 0.253 e. The normalized spacial score (nSPS) is 12.2. The van der Waals surface area contributed by atoms with Crippen molar-refractivity contribution in [1.29, 1.82) is 0 Å². The first-order valence-corrected chi connectivity index (χ1v) is 6.17. The Morgan fingerprint density at radius 3 is 2.94 bits per heavy atom. The van der Waals surface area contributed by atoms with Crippen molar-refractivity contribution in [2.45, 2.75) is 25.8 Å². The maximum absolute atomic E-state index is 12.0. The Morgan fingerprint density at radius 2 is 2.39 bits per heavy atom. The SMILES string of the molecule is CCCC(COC)NC(=O)c1cnc(N)c(Cl)c1. The van der Waals surface area contributed by atoms with E-state index in [9.17, 15) is 4.79 Å². The van der Waals surface area contributed by atoms with E-state index >= 15 is 0 Å². The second kappa shape index (κ2) is 7.18. The maximum atomic E-state index is 12.0. The molecule has 0 saturated heterocycles. The zero-order valence-corrected chi connectivity index (χ0v) is 11.3. The van der Waals surface area contributed by atoms with Crippen molar-refractivity contribution in [2.75, 3.05) is 19.5 Å². The van der Waals surface area contributed by atoms with Gasteiger partial charge in [0.15, 0.2) is 0 Å². The van der Waals surface area contributed by atoms with Gasteiger partial charge in [-0.05, 0) is 12.5 Å².